The summed E-state index contributed by atoms with van der Waals surface area (Å²) in [5.74, 6) is 0.849. The molecule has 0 aliphatic carbocycles. The van der Waals surface area contributed by atoms with Gasteiger partial charge in [-0.25, -0.2) is 5.43 Å². The molecular weight excluding hydrogens is 336 g/mol. The van der Waals surface area contributed by atoms with Crippen molar-refractivity contribution in [2.45, 2.75) is 26.2 Å². The summed E-state index contributed by atoms with van der Waals surface area (Å²) >= 11 is 0. The van der Waals surface area contributed by atoms with Gasteiger partial charge in [0, 0.05) is 0 Å². The third-order valence-corrected chi connectivity index (χ3v) is 4.60. The predicted octanol–water partition coefficient (Wildman–Crippen LogP) is 4.88. The number of rotatable bonds is 7. The average Bonchev–Trinajstić information content (AvgIpc) is 2.72. The van der Waals surface area contributed by atoms with Gasteiger partial charge in [-0.05, 0) is 46.4 Å². The molecule has 3 rings (SSSR count). The fraction of sp³-hybridized carbons (Fsp3) is 0.217. The van der Waals surface area contributed by atoms with Crippen LogP contribution in [-0.2, 0) is 4.79 Å². The van der Waals surface area contributed by atoms with Crippen LogP contribution in [0.15, 0.2) is 71.8 Å². The monoisotopic (exact) mass is 360 g/mol. The zero-order valence-corrected chi connectivity index (χ0v) is 15.7. The van der Waals surface area contributed by atoms with Crippen LogP contribution in [0.25, 0.3) is 10.8 Å². The van der Waals surface area contributed by atoms with E-state index in [0.29, 0.717) is 5.92 Å². The lowest BCUT2D eigenvalue weighted by Crippen LogP contribution is -2.24. The summed E-state index contributed by atoms with van der Waals surface area (Å²) in [5.41, 5.74) is 4.56. The van der Waals surface area contributed by atoms with Gasteiger partial charge < -0.3 is 4.74 Å². The number of nitrogens with zero attached hydrogens (tertiary/aromatic N) is 1. The van der Waals surface area contributed by atoms with Crippen LogP contribution in [0, 0.1) is 0 Å². The molecule has 4 heteroatoms. The van der Waals surface area contributed by atoms with E-state index in [2.05, 4.69) is 30.4 Å². The summed E-state index contributed by atoms with van der Waals surface area (Å²) in [5, 5.41) is 6.34. The highest BCUT2D eigenvalue weighted by Gasteiger charge is 2.10. The van der Waals surface area contributed by atoms with Gasteiger partial charge in [0.05, 0.1) is 6.21 Å². The summed E-state index contributed by atoms with van der Waals surface area (Å²) in [6.07, 6.45) is 2.65. The molecule has 4 nitrogen and oxygen atoms in total. The minimum Gasteiger partial charge on any atom is -0.483 e. The van der Waals surface area contributed by atoms with E-state index in [1.807, 2.05) is 60.7 Å². The molecule has 1 amide bonds. The van der Waals surface area contributed by atoms with Crippen molar-refractivity contribution in [3.05, 3.63) is 77.9 Å². The fourth-order valence-electron chi connectivity index (χ4n) is 2.88. The number of benzene rings is 3. The number of hydrogen-bond donors (Lipinski definition) is 1. The van der Waals surface area contributed by atoms with Crippen LogP contribution in [-0.4, -0.2) is 18.7 Å². The van der Waals surface area contributed by atoms with E-state index in [4.69, 9.17) is 4.74 Å². The number of carbonyl (C=O) groups excluding carboxylic acids is 1. The smallest absolute Gasteiger partial charge is 0.277 e. The van der Waals surface area contributed by atoms with Gasteiger partial charge in [-0.3, -0.25) is 4.79 Å². The minimum absolute atomic E-state index is 0.0670. The van der Waals surface area contributed by atoms with Crippen molar-refractivity contribution in [3.8, 4) is 5.75 Å². The van der Waals surface area contributed by atoms with E-state index in [1.54, 1.807) is 6.21 Å². The van der Waals surface area contributed by atoms with E-state index < -0.39 is 0 Å². The SMILES string of the molecule is CCC(C)c1ccccc1OCC(=O)N/N=C/c1ccc2ccccc2c1. The second kappa shape index (κ2) is 8.99. The van der Waals surface area contributed by atoms with Crippen molar-refractivity contribution >= 4 is 22.9 Å². The number of ether oxygens (including phenoxy) is 1. The molecule has 0 heterocycles. The number of amides is 1. The van der Waals surface area contributed by atoms with Crippen LogP contribution < -0.4 is 10.2 Å². The maximum Gasteiger partial charge on any atom is 0.277 e. The van der Waals surface area contributed by atoms with Crippen molar-refractivity contribution < 1.29 is 9.53 Å². The highest BCUT2D eigenvalue weighted by Crippen LogP contribution is 2.28. The van der Waals surface area contributed by atoms with Gasteiger partial charge >= 0.3 is 0 Å². The van der Waals surface area contributed by atoms with E-state index in [1.165, 1.54) is 5.39 Å². The second-order valence-corrected chi connectivity index (χ2v) is 6.54. The summed E-state index contributed by atoms with van der Waals surface area (Å²) in [6, 6.07) is 22.0. The van der Waals surface area contributed by atoms with E-state index >= 15 is 0 Å². The first-order chi connectivity index (χ1) is 13.2. The zero-order chi connectivity index (χ0) is 19.1. The Hall–Kier alpha value is -3.14. The molecule has 0 saturated carbocycles. The van der Waals surface area contributed by atoms with Crippen LogP contribution in [0.5, 0.6) is 5.75 Å². The van der Waals surface area contributed by atoms with Gasteiger partial charge in [-0.2, -0.15) is 5.10 Å². The molecule has 138 valence electrons. The van der Waals surface area contributed by atoms with Crippen LogP contribution >= 0.6 is 0 Å². The van der Waals surface area contributed by atoms with Crippen LogP contribution in [0.2, 0.25) is 0 Å². The van der Waals surface area contributed by atoms with E-state index in [9.17, 15) is 4.79 Å². The van der Waals surface area contributed by atoms with Crippen LogP contribution in [0.4, 0.5) is 0 Å². The molecule has 0 spiro atoms. The normalized spacial score (nSPS) is 12.2. The number of nitrogens with one attached hydrogen (secondary N) is 1. The largest absolute Gasteiger partial charge is 0.483 e. The van der Waals surface area contributed by atoms with E-state index in [0.717, 1.165) is 28.7 Å². The van der Waals surface area contributed by atoms with Crippen LogP contribution in [0.1, 0.15) is 37.3 Å². The van der Waals surface area contributed by atoms with Gasteiger partial charge in [0.2, 0.25) is 0 Å². The van der Waals surface area contributed by atoms with Gasteiger partial charge in [0.15, 0.2) is 6.61 Å². The van der Waals surface area contributed by atoms with Crippen molar-refractivity contribution in [2.75, 3.05) is 6.61 Å². The maximum atomic E-state index is 12.0. The summed E-state index contributed by atoms with van der Waals surface area (Å²) in [7, 11) is 0. The van der Waals surface area contributed by atoms with Gasteiger partial charge in [0.1, 0.15) is 5.75 Å². The second-order valence-electron chi connectivity index (χ2n) is 6.54. The van der Waals surface area contributed by atoms with E-state index in [-0.39, 0.29) is 12.5 Å². The lowest BCUT2D eigenvalue weighted by Gasteiger charge is -2.15. The molecule has 0 radical (unpaired) electrons. The number of hydrazone groups is 1. The van der Waals surface area contributed by atoms with Crippen molar-refractivity contribution in [1.82, 2.24) is 5.43 Å². The first-order valence-electron chi connectivity index (χ1n) is 9.20. The topological polar surface area (TPSA) is 50.7 Å². The van der Waals surface area contributed by atoms with Crippen molar-refractivity contribution in [2.24, 2.45) is 5.10 Å². The molecule has 27 heavy (non-hydrogen) atoms. The molecule has 1 atom stereocenters. The number of hydrogen-bond acceptors (Lipinski definition) is 3. The summed E-state index contributed by atoms with van der Waals surface area (Å²) < 4.78 is 5.70. The van der Waals surface area contributed by atoms with Gasteiger partial charge in [-0.15, -0.1) is 0 Å². The van der Waals surface area contributed by atoms with Crippen molar-refractivity contribution in [3.63, 3.8) is 0 Å². The Balaban J connectivity index is 1.56. The molecule has 0 aliphatic heterocycles. The Bertz CT molecular complexity index is 950. The van der Waals surface area contributed by atoms with Crippen molar-refractivity contribution in [1.29, 1.82) is 0 Å². The molecule has 0 fully saturated rings. The zero-order valence-electron chi connectivity index (χ0n) is 15.7. The quantitative estimate of drug-likeness (QED) is 0.482. The number of para-hydroxylation sites is 1. The Kier molecular flexibility index (Phi) is 6.21. The lowest BCUT2D eigenvalue weighted by atomic mass is 9.98. The first-order valence-corrected chi connectivity index (χ1v) is 9.20. The molecule has 3 aromatic rings. The van der Waals surface area contributed by atoms with Crippen LogP contribution in [0.3, 0.4) is 0 Å². The van der Waals surface area contributed by atoms with Gasteiger partial charge in [-0.1, -0.05) is 68.4 Å². The highest BCUT2D eigenvalue weighted by atomic mass is 16.5. The molecule has 0 saturated heterocycles. The maximum absolute atomic E-state index is 12.0. The minimum atomic E-state index is -0.286. The average molecular weight is 360 g/mol. The molecule has 0 bridgehead atoms. The number of fused-ring (bicyclic) bond motifs is 1. The predicted molar refractivity (Wildman–Crippen MR) is 110 cm³/mol. The van der Waals surface area contributed by atoms with Gasteiger partial charge in [0.25, 0.3) is 5.91 Å². The molecule has 3 aromatic carbocycles. The molecule has 0 aromatic heterocycles. The highest BCUT2D eigenvalue weighted by molar-refractivity contribution is 5.90. The Labute approximate surface area is 159 Å². The Morgan fingerprint density at radius 3 is 2.63 bits per heavy atom. The third-order valence-electron chi connectivity index (χ3n) is 4.60. The Morgan fingerprint density at radius 2 is 1.81 bits per heavy atom. The number of carbonyl (C=O) groups is 1. The standard InChI is InChI=1S/C23H24N2O2/c1-3-17(2)21-10-6-7-11-22(21)27-16-23(26)25-24-15-18-12-13-19-8-4-5-9-20(19)14-18/h4-15,17H,3,16H2,1-2H3,(H,25,26)/b24-15+. The molecular formula is C23H24N2O2. The first kappa shape index (κ1) is 18.6. The molecule has 1 N–H and O–H groups in total. The fourth-order valence-corrected chi connectivity index (χ4v) is 2.88. The molecule has 1 unspecified atom stereocenters. The third kappa shape index (κ3) is 4.94. The lowest BCUT2D eigenvalue weighted by molar-refractivity contribution is -0.123. The Morgan fingerprint density at radius 1 is 1.07 bits per heavy atom. The molecule has 0 aliphatic rings. The summed E-state index contributed by atoms with van der Waals surface area (Å²) in [6.45, 7) is 4.22. The summed E-state index contributed by atoms with van der Waals surface area (Å²) in [4.78, 5) is 12.0.